The number of hydrogen-bond donors (Lipinski definition) is 2. The fourth-order valence-electron chi connectivity index (χ4n) is 1.86. The van der Waals surface area contributed by atoms with E-state index in [4.69, 9.17) is 9.84 Å². The molecule has 0 aliphatic heterocycles. The molecule has 1 aromatic rings. The number of aliphatic hydroxyl groups excluding tert-OH is 1. The number of aryl methyl sites for hydroxylation is 1. The van der Waals surface area contributed by atoms with Crippen molar-refractivity contribution in [1.29, 1.82) is 0 Å². The first kappa shape index (κ1) is 15.5. The van der Waals surface area contributed by atoms with E-state index >= 15 is 0 Å². The van der Waals surface area contributed by atoms with E-state index in [1.54, 1.807) is 19.2 Å². The molecule has 0 radical (unpaired) electrons. The summed E-state index contributed by atoms with van der Waals surface area (Å²) in [7, 11) is 1.60. The van der Waals surface area contributed by atoms with E-state index in [9.17, 15) is 4.79 Å². The minimum atomic E-state index is -0.0690. The topological polar surface area (TPSA) is 58.6 Å². The summed E-state index contributed by atoms with van der Waals surface area (Å²) in [6, 6.07) is 5.45. The molecule has 4 nitrogen and oxygen atoms in total. The Labute approximate surface area is 114 Å². The average Bonchev–Trinajstić information content (AvgIpc) is 2.43. The van der Waals surface area contributed by atoms with E-state index in [0.717, 1.165) is 37.0 Å². The van der Waals surface area contributed by atoms with Gasteiger partial charge in [0.25, 0.3) is 5.91 Å². The van der Waals surface area contributed by atoms with Gasteiger partial charge in [0, 0.05) is 18.7 Å². The molecule has 4 heteroatoms. The van der Waals surface area contributed by atoms with Crippen LogP contribution in [-0.2, 0) is 0 Å². The highest BCUT2D eigenvalue weighted by Crippen LogP contribution is 2.18. The fraction of sp³-hybridized carbons (Fsp3) is 0.533. The number of methoxy groups -OCH3 is 1. The Morgan fingerprint density at radius 3 is 2.68 bits per heavy atom. The monoisotopic (exact) mass is 265 g/mol. The average molecular weight is 265 g/mol. The largest absolute Gasteiger partial charge is 0.496 e. The van der Waals surface area contributed by atoms with Crippen molar-refractivity contribution >= 4 is 5.91 Å². The Kier molecular flexibility index (Phi) is 6.97. The predicted molar refractivity (Wildman–Crippen MR) is 75.6 cm³/mol. The number of amides is 1. The normalized spacial score (nSPS) is 10.3. The van der Waals surface area contributed by atoms with Gasteiger partial charge in [-0.3, -0.25) is 4.79 Å². The van der Waals surface area contributed by atoms with Gasteiger partial charge in [0.15, 0.2) is 0 Å². The molecule has 0 saturated heterocycles. The lowest BCUT2D eigenvalue weighted by molar-refractivity contribution is 0.0952. The number of rotatable bonds is 8. The fourth-order valence-corrected chi connectivity index (χ4v) is 1.86. The van der Waals surface area contributed by atoms with Gasteiger partial charge in [-0.25, -0.2) is 0 Å². The highest BCUT2D eigenvalue weighted by molar-refractivity contribution is 5.94. The summed E-state index contributed by atoms with van der Waals surface area (Å²) in [5.74, 6) is 0.663. The summed E-state index contributed by atoms with van der Waals surface area (Å²) >= 11 is 0. The Balaban J connectivity index is 2.37. The predicted octanol–water partition coefficient (Wildman–Crippen LogP) is 2.29. The van der Waals surface area contributed by atoms with Crippen LogP contribution in [0.25, 0.3) is 0 Å². The van der Waals surface area contributed by atoms with Gasteiger partial charge in [-0.2, -0.15) is 0 Å². The standard InChI is InChI=1S/C15H23NO3/c1-12-7-8-13(11-14(12)19-2)15(18)16-9-5-3-4-6-10-17/h7-8,11,17H,3-6,9-10H2,1-2H3,(H,16,18). The number of carbonyl (C=O) groups excluding carboxylic acids is 1. The number of benzene rings is 1. The van der Waals surface area contributed by atoms with E-state index in [1.807, 2.05) is 13.0 Å². The molecular formula is C15H23NO3. The molecule has 106 valence electrons. The van der Waals surface area contributed by atoms with E-state index in [0.29, 0.717) is 12.1 Å². The Morgan fingerprint density at radius 2 is 2.00 bits per heavy atom. The van der Waals surface area contributed by atoms with Crippen molar-refractivity contribution in [3.05, 3.63) is 29.3 Å². The second-order valence-corrected chi connectivity index (χ2v) is 4.58. The second kappa shape index (κ2) is 8.53. The first-order chi connectivity index (χ1) is 9.19. The number of aliphatic hydroxyl groups is 1. The third-order valence-electron chi connectivity index (χ3n) is 3.04. The molecule has 0 fully saturated rings. The van der Waals surface area contributed by atoms with Gasteiger partial charge in [0.2, 0.25) is 0 Å². The van der Waals surface area contributed by atoms with E-state index in [1.165, 1.54) is 0 Å². The zero-order chi connectivity index (χ0) is 14.1. The molecule has 19 heavy (non-hydrogen) atoms. The highest BCUT2D eigenvalue weighted by atomic mass is 16.5. The zero-order valence-electron chi connectivity index (χ0n) is 11.7. The quantitative estimate of drug-likeness (QED) is 0.709. The summed E-state index contributed by atoms with van der Waals surface area (Å²) in [6.07, 6.45) is 3.81. The van der Waals surface area contributed by atoms with Crippen molar-refractivity contribution < 1.29 is 14.6 Å². The molecule has 0 aromatic heterocycles. The van der Waals surface area contributed by atoms with Crippen molar-refractivity contribution in [2.75, 3.05) is 20.3 Å². The molecule has 0 aliphatic carbocycles. The smallest absolute Gasteiger partial charge is 0.251 e. The summed E-state index contributed by atoms with van der Waals surface area (Å²) in [4.78, 5) is 11.9. The van der Waals surface area contributed by atoms with Crippen LogP contribution in [0.2, 0.25) is 0 Å². The third-order valence-corrected chi connectivity index (χ3v) is 3.04. The molecule has 0 spiro atoms. The van der Waals surface area contributed by atoms with Crippen molar-refractivity contribution in [2.24, 2.45) is 0 Å². The molecule has 0 aliphatic rings. The maximum Gasteiger partial charge on any atom is 0.251 e. The lowest BCUT2D eigenvalue weighted by atomic mass is 10.1. The van der Waals surface area contributed by atoms with Crippen LogP contribution in [-0.4, -0.2) is 31.3 Å². The lowest BCUT2D eigenvalue weighted by Gasteiger charge is -2.08. The van der Waals surface area contributed by atoms with E-state index < -0.39 is 0 Å². The van der Waals surface area contributed by atoms with Crippen LogP contribution in [0, 0.1) is 6.92 Å². The van der Waals surface area contributed by atoms with Crippen LogP contribution >= 0.6 is 0 Å². The molecule has 2 N–H and O–H groups in total. The van der Waals surface area contributed by atoms with Gasteiger partial charge >= 0.3 is 0 Å². The summed E-state index contributed by atoms with van der Waals surface area (Å²) in [5, 5.41) is 11.5. The summed E-state index contributed by atoms with van der Waals surface area (Å²) in [6.45, 7) is 2.86. The first-order valence-electron chi connectivity index (χ1n) is 6.72. The van der Waals surface area contributed by atoms with Crippen molar-refractivity contribution in [2.45, 2.75) is 32.6 Å². The number of hydrogen-bond acceptors (Lipinski definition) is 3. The number of carbonyl (C=O) groups is 1. The van der Waals surface area contributed by atoms with Crippen molar-refractivity contribution in [3.8, 4) is 5.75 Å². The van der Waals surface area contributed by atoms with E-state index in [2.05, 4.69) is 5.32 Å². The summed E-state index contributed by atoms with van der Waals surface area (Å²) < 4.78 is 5.20. The Hall–Kier alpha value is -1.55. The third kappa shape index (κ3) is 5.30. The second-order valence-electron chi connectivity index (χ2n) is 4.58. The minimum absolute atomic E-state index is 0.0690. The highest BCUT2D eigenvalue weighted by Gasteiger charge is 2.07. The molecule has 0 bridgehead atoms. The van der Waals surface area contributed by atoms with Crippen LogP contribution in [0.4, 0.5) is 0 Å². The molecule has 0 saturated carbocycles. The van der Waals surface area contributed by atoms with Crippen LogP contribution in [0.5, 0.6) is 5.75 Å². The number of nitrogens with one attached hydrogen (secondary N) is 1. The van der Waals surface area contributed by atoms with Gasteiger partial charge < -0.3 is 15.2 Å². The Bertz CT molecular complexity index is 404. The molecule has 1 amide bonds. The maximum absolute atomic E-state index is 11.9. The zero-order valence-corrected chi connectivity index (χ0v) is 11.7. The first-order valence-corrected chi connectivity index (χ1v) is 6.72. The van der Waals surface area contributed by atoms with Gasteiger partial charge in [-0.1, -0.05) is 18.9 Å². The molecular weight excluding hydrogens is 242 g/mol. The van der Waals surface area contributed by atoms with Crippen molar-refractivity contribution in [3.63, 3.8) is 0 Å². The molecule has 0 atom stereocenters. The number of unbranched alkanes of at least 4 members (excludes halogenated alkanes) is 3. The van der Waals surface area contributed by atoms with Gasteiger partial charge in [-0.15, -0.1) is 0 Å². The van der Waals surface area contributed by atoms with Crippen LogP contribution in [0.3, 0.4) is 0 Å². The minimum Gasteiger partial charge on any atom is -0.496 e. The molecule has 0 unspecified atom stereocenters. The molecule has 1 aromatic carbocycles. The SMILES string of the molecule is COc1cc(C(=O)NCCCCCCO)ccc1C. The van der Waals surface area contributed by atoms with Gasteiger partial charge in [0.1, 0.15) is 5.75 Å². The lowest BCUT2D eigenvalue weighted by Crippen LogP contribution is -2.24. The maximum atomic E-state index is 11.9. The molecule has 0 heterocycles. The van der Waals surface area contributed by atoms with Gasteiger partial charge in [-0.05, 0) is 37.5 Å². The Morgan fingerprint density at radius 1 is 1.26 bits per heavy atom. The number of ether oxygens (including phenoxy) is 1. The van der Waals surface area contributed by atoms with E-state index in [-0.39, 0.29) is 12.5 Å². The molecule has 1 rings (SSSR count). The van der Waals surface area contributed by atoms with Crippen molar-refractivity contribution in [1.82, 2.24) is 5.32 Å². The van der Waals surface area contributed by atoms with Crippen LogP contribution < -0.4 is 10.1 Å². The van der Waals surface area contributed by atoms with Crippen LogP contribution in [0.1, 0.15) is 41.6 Å². The van der Waals surface area contributed by atoms with Crippen LogP contribution in [0.15, 0.2) is 18.2 Å². The summed E-state index contributed by atoms with van der Waals surface area (Å²) in [5.41, 5.74) is 1.64. The van der Waals surface area contributed by atoms with Gasteiger partial charge in [0.05, 0.1) is 7.11 Å².